The molecule has 0 bridgehead atoms. The Balaban J connectivity index is 4.31. The van der Waals surface area contributed by atoms with Crippen molar-refractivity contribution in [3.63, 3.8) is 0 Å². The van der Waals surface area contributed by atoms with Crippen LogP contribution in [0.2, 0.25) is 0 Å². The van der Waals surface area contributed by atoms with Gasteiger partial charge in [0.15, 0.2) is 0 Å². The van der Waals surface area contributed by atoms with Gasteiger partial charge in [-0.3, -0.25) is 4.79 Å². The van der Waals surface area contributed by atoms with E-state index in [1.807, 2.05) is 0 Å². The van der Waals surface area contributed by atoms with Crippen LogP contribution >= 0.6 is 0 Å². The fraction of sp³-hybridized carbons (Fsp3) is 0.952. The van der Waals surface area contributed by atoms with Crippen LogP contribution in [0.25, 0.3) is 0 Å². The van der Waals surface area contributed by atoms with E-state index < -0.39 is 11.6 Å². The molecule has 0 aromatic heterocycles. The number of hydrogen-bond donors (Lipinski definition) is 0. The van der Waals surface area contributed by atoms with Crippen molar-refractivity contribution in [3.05, 3.63) is 4.91 Å². The van der Waals surface area contributed by atoms with Crippen molar-refractivity contribution < 1.29 is 9.53 Å². The molecule has 4 nitrogen and oxygen atoms in total. The van der Waals surface area contributed by atoms with Gasteiger partial charge in [-0.25, -0.2) is 0 Å². The molecular formula is C21H41NO3. The molecule has 148 valence electrons. The van der Waals surface area contributed by atoms with Gasteiger partial charge >= 0.3 is 5.97 Å². The molecule has 25 heavy (non-hydrogen) atoms. The zero-order valence-electron chi connectivity index (χ0n) is 17.3. The predicted molar refractivity (Wildman–Crippen MR) is 105 cm³/mol. The predicted octanol–water partition coefficient (Wildman–Crippen LogP) is 7.01. The summed E-state index contributed by atoms with van der Waals surface area (Å²) in [5, 5.41) is 3.15. The molecular weight excluding hydrogens is 314 g/mol. The van der Waals surface area contributed by atoms with E-state index in [0.29, 0.717) is 0 Å². The average molecular weight is 356 g/mol. The van der Waals surface area contributed by atoms with E-state index in [9.17, 15) is 9.70 Å². The smallest absolute Gasteiger partial charge is 0.313 e. The largest absolute Gasteiger partial charge is 0.435 e. The maximum Gasteiger partial charge on any atom is 0.313 e. The van der Waals surface area contributed by atoms with Crippen LogP contribution in [0.3, 0.4) is 0 Å². The molecule has 2 atom stereocenters. The average Bonchev–Trinajstić information content (AvgIpc) is 2.57. The lowest BCUT2D eigenvalue weighted by Crippen LogP contribution is -2.31. The van der Waals surface area contributed by atoms with Gasteiger partial charge in [0.2, 0.25) is 6.23 Å². The first-order chi connectivity index (χ1) is 11.9. The van der Waals surface area contributed by atoms with Crippen molar-refractivity contribution in [2.45, 2.75) is 118 Å². The van der Waals surface area contributed by atoms with Gasteiger partial charge in [0.1, 0.15) is 0 Å². The summed E-state index contributed by atoms with van der Waals surface area (Å²) in [6.07, 6.45) is 13.2. The van der Waals surface area contributed by atoms with Crippen LogP contribution in [0.4, 0.5) is 0 Å². The number of ether oxygens (including phenoxy) is 1. The van der Waals surface area contributed by atoms with E-state index in [1.54, 1.807) is 20.8 Å². The fourth-order valence-corrected chi connectivity index (χ4v) is 2.93. The van der Waals surface area contributed by atoms with Gasteiger partial charge < -0.3 is 4.74 Å². The molecule has 4 heteroatoms. The Morgan fingerprint density at radius 2 is 1.32 bits per heavy atom. The SMILES string of the molecule is CCCCCCCCCCC(CCCC)C(N=O)OC(=O)C(C)(C)C. The summed E-state index contributed by atoms with van der Waals surface area (Å²) in [7, 11) is 0. The molecule has 0 aromatic rings. The molecule has 0 spiro atoms. The molecule has 0 fully saturated rings. The van der Waals surface area contributed by atoms with E-state index in [4.69, 9.17) is 4.74 Å². The Kier molecular flexibility index (Phi) is 13.7. The van der Waals surface area contributed by atoms with Crippen LogP contribution in [-0.4, -0.2) is 12.2 Å². The van der Waals surface area contributed by atoms with Crippen LogP contribution in [-0.2, 0) is 9.53 Å². The van der Waals surface area contributed by atoms with Crippen molar-refractivity contribution in [1.29, 1.82) is 0 Å². The second-order valence-electron chi connectivity index (χ2n) is 8.32. The zero-order valence-corrected chi connectivity index (χ0v) is 17.3. The monoisotopic (exact) mass is 355 g/mol. The van der Waals surface area contributed by atoms with Gasteiger partial charge in [0, 0.05) is 5.92 Å². The molecule has 2 unspecified atom stereocenters. The Morgan fingerprint density at radius 3 is 1.80 bits per heavy atom. The molecule has 0 radical (unpaired) electrons. The van der Waals surface area contributed by atoms with Crippen LogP contribution in [0.5, 0.6) is 0 Å². The second-order valence-corrected chi connectivity index (χ2v) is 8.32. The van der Waals surface area contributed by atoms with E-state index in [0.717, 1.165) is 32.1 Å². The van der Waals surface area contributed by atoms with Gasteiger partial charge in [-0.2, -0.15) is 0 Å². The highest BCUT2D eigenvalue weighted by Crippen LogP contribution is 2.26. The molecule has 0 aliphatic heterocycles. The van der Waals surface area contributed by atoms with Gasteiger partial charge in [0.25, 0.3) is 0 Å². The summed E-state index contributed by atoms with van der Waals surface area (Å²) in [4.78, 5) is 23.4. The lowest BCUT2D eigenvalue weighted by atomic mass is 9.92. The first-order valence-corrected chi connectivity index (χ1v) is 10.4. The quantitative estimate of drug-likeness (QED) is 0.180. The van der Waals surface area contributed by atoms with Gasteiger partial charge in [0.05, 0.1) is 5.41 Å². The fourth-order valence-electron chi connectivity index (χ4n) is 2.93. The number of carbonyl (C=O) groups is 1. The van der Waals surface area contributed by atoms with Crippen molar-refractivity contribution >= 4 is 5.97 Å². The highest BCUT2D eigenvalue weighted by Gasteiger charge is 2.31. The summed E-state index contributed by atoms with van der Waals surface area (Å²) in [5.41, 5.74) is -0.600. The molecule has 0 saturated heterocycles. The minimum absolute atomic E-state index is 0.0591. The molecule has 0 aliphatic carbocycles. The van der Waals surface area contributed by atoms with Crippen molar-refractivity contribution in [2.75, 3.05) is 0 Å². The highest BCUT2D eigenvalue weighted by atomic mass is 16.6. The third-order valence-corrected chi connectivity index (χ3v) is 4.70. The lowest BCUT2D eigenvalue weighted by molar-refractivity contribution is -0.161. The third kappa shape index (κ3) is 12.1. The molecule has 0 aliphatic rings. The third-order valence-electron chi connectivity index (χ3n) is 4.70. The topological polar surface area (TPSA) is 55.7 Å². The number of rotatable bonds is 15. The summed E-state index contributed by atoms with van der Waals surface area (Å²) < 4.78 is 5.43. The van der Waals surface area contributed by atoms with E-state index >= 15 is 0 Å². The van der Waals surface area contributed by atoms with Gasteiger partial charge in [-0.1, -0.05) is 78.1 Å². The maximum atomic E-state index is 12.1. The first-order valence-electron chi connectivity index (χ1n) is 10.4. The van der Waals surface area contributed by atoms with E-state index in [1.165, 1.54) is 44.9 Å². The molecule has 0 heterocycles. The number of unbranched alkanes of at least 4 members (excludes halogenated alkanes) is 8. The lowest BCUT2D eigenvalue weighted by Gasteiger charge is -2.25. The molecule has 0 rings (SSSR count). The maximum absolute atomic E-state index is 12.1. The molecule has 0 N–H and O–H groups in total. The number of esters is 1. The normalized spacial score (nSPS) is 14.1. The number of nitroso groups, excluding NO2 is 1. The molecule has 0 saturated carbocycles. The molecule has 0 aromatic carbocycles. The number of nitrogens with zero attached hydrogens (tertiary/aromatic N) is 1. The Morgan fingerprint density at radius 1 is 0.840 bits per heavy atom. The Labute approximate surface area is 155 Å². The summed E-state index contributed by atoms with van der Waals surface area (Å²) in [6.45, 7) is 9.78. The van der Waals surface area contributed by atoms with Crippen LogP contribution in [0, 0.1) is 16.2 Å². The minimum Gasteiger partial charge on any atom is -0.435 e. The summed E-state index contributed by atoms with van der Waals surface area (Å²) >= 11 is 0. The highest BCUT2D eigenvalue weighted by molar-refractivity contribution is 5.75. The Bertz CT molecular complexity index is 350. The Hall–Kier alpha value is -0.930. The first kappa shape index (κ1) is 24.1. The van der Waals surface area contributed by atoms with Crippen LogP contribution < -0.4 is 0 Å². The number of carbonyl (C=O) groups excluding carboxylic acids is 1. The van der Waals surface area contributed by atoms with Crippen molar-refractivity contribution in [3.8, 4) is 0 Å². The van der Waals surface area contributed by atoms with Crippen LogP contribution in [0.15, 0.2) is 5.18 Å². The van der Waals surface area contributed by atoms with Crippen molar-refractivity contribution in [1.82, 2.24) is 0 Å². The molecule has 0 amide bonds. The number of hydrogen-bond acceptors (Lipinski definition) is 4. The second kappa shape index (κ2) is 14.3. The standard InChI is InChI=1S/C21H41NO3/c1-6-8-10-11-12-13-14-15-17-18(16-9-7-2)19(22-24)25-20(23)21(3,4)5/h18-19H,6-17H2,1-5H3. The summed E-state index contributed by atoms with van der Waals surface area (Å²) in [6, 6.07) is 0. The minimum atomic E-state index is -0.831. The van der Waals surface area contributed by atoms with E-state index in [-0.39, 0.29) is 11.9 Å². The van der Waals surface area contributed by atoms with Crippen LogP contribution in [0.1, 0.15) is 112 Å². The van der Waals surface area contributed by atoms with E-state index in [2.05, 4.69) is 19.0 Å². The van der Waals surface area contributed by atoms with Gasteiger partial charge in [-0.05, 0) is 38.8 Å². The summed E-state index contributed by atoms with van der Waals surface area (Å²) in [5.74, 6) is -0.279. The zero-order chi connectivity index (χ0) is 19.1. The van der Waals surface area contributed by atoms with Gasteiger partial charge in [-0.15, -0.1) is 4.91 Å². The van der Waals surface area contributed by atoms with Crippen molar-refractivity contribution in [2.24, 2.45) is 16.5 Å².